The van der Waals surface area contributed by atoms with Gasteiger partial charge < -0.3 is 14.3 Å². The van der Waals surface area contributed by atoms with Crippen LogP contribution in [-0.4, -0.2) is 32.1 Å². The lowest BCUT2D eigenvalue weighted by molar-refractivity contribution is -0.143. The van der Waals surface area contributed by atoms with Gasteiger partial charge in [-0.3, -0.25) is 4.79 Å². The molecule has 0 saturated heterocycles. The lowest BCUT2D eigenvalue weighted by Crippen LogP contribution is -2.39. The minimum absolute atomic E-state index is 0.0384. The average Bonchev–Trinajstić information content (AvgIpc) is 2.86. The van der Waals surface area contributed by atoms with Crippen LogP contribution in [0.4, 0.5) is 0 Å². The predicted molar refractivity (Wildman–Crippen MR) is 148 cm³/mol. The van der Waals surface area contributed by atoms with Gasteiger partial charge in [-0.2, -0.15) is 0 Å². The summed E-state index contributed by atoms with van der Waals surface area (Å²) in [6.45, 7) is 10.9. The Hall–Kier alpha value is -2.17. The van der Waals surface area contributed by atoms with Gasteiger partial charge in [0.25, 0.3) is 0 Å². The fourth-order valence-corrected chi connectivity index (χ4v) is 6.58. The minimum Gasteiger partial charge on any atom is -0.505 e. The fourth-order valence-electron chi connectivity index (χ4n) is 3.78. The molecule has 0 amide bonds. The molecule has 1 unspecified atom stereocenters. The molecule has 198 valence electrons. The summed E-state index contributed by atoms with van der Waals surface area (Å²) in [5.41, 5.74) is 0.237. The first-order chi connectivity index (χ1) is 16.9. The van der Waals surface area contributed by atoms with Gasteiger partial charge in [0.2, 0.25) is 5.39 Å². The number of hydrogen-bond donors (Lipinski definition) is 1. The molecule has 0 aromatic heterocycles. The van der Waals surface area contributed by atoms with Gasteiger partial charge in [-0.15, -0.1) is 0 Å². The summed E-state index contributed by atoms with van der Waals surface area (Å²) >= 11 is 0. The maximum atomic E-state index is 11.4. The lowest BCUT2D eigenvalue weighted by Gasteiger charge is -2.31. The van der Waals surface area contributed by atoms with E-state index in [9.17, 15) is 15.3 Å². The zero-order valence-corrected chi connectivity index (χ0v) is 23.8. The number of allylic oxidation sites excluding steroid dienone is 5. The summed E-state index contributed by atoms with van der Waals surface area (Å²) in [5, 5.41) is 20.2. The SMILES string of the molecule is CCCCC/C=C/C=C/C(C/C(O)=C(\C/C=C\CCCC(=O)OCC)[N+]#N)O[Si](CC)(CC)CC. The van der Waals surface area contributed by atoms with Gasteiger partial charge in [-0.05, 0) is 50.7 Å². The molecule has 0 aromatic rings. The van der Waals surface area contributed by atoms with Crippen molar-refractivity contribution in [3.8, 4) is 0 Å². The van der Waals surface area contributed by atoms with Crippen molar-refractivity contribution in [1.82, 2.24) is 0 Å². The number of hydrogen-bond acceptors (Lipinski definition) is 5. The van der Waals surface area contributed by atoms with E-state index in [0.717, 1.165) is 31.0 Å². The van der Waals surface area contributed by atoms with E-state index in [2.05, 4.69) is 44.8 Å². The molecule has 0 bridgehead atoms. The molecule has 6 nitrogen and oxygen atoms in total. The van der Waals surface area contributed by atoms with Gasteiger partial charge in [-0.1, -0.05) is 77.0 Å². The molecule has 0 aliphatic rings. The number of carbonyl (C=O) groups excluding carboxylic acids is 1. The molecule has 0 spiro atoms. The van der Waals surface area contributed by atoms with Gasteiger partial charge in [0.1, 0.15) is 0 Å². The van der Waals surface area contributed by atoms with Crippen LogP contribution in [0, 0.1) is 5.39 Å². The van der Waals surface area contributed by atoms with E-state index in [-0.39, 0.29) is 30.0 Å². The molecule has 0 radical (unpaired) electrons. The number of aliphatic hydroxyl groups excluding tert-OH is 1. The van der Waals surface area contributed by atoms with Crippen LogP contribution in [0.2, 0.25) is 18.1 Å². The molecule has 0 aromatic carbocycles. The Labute approximate surface area is 214 Å². The van der Waals surface area contributed by atoms with Crippen LogP contribution in [-0.2, 0) is 14.0 Å². The van der Waals surface area contributed by atoms with E-state index >= 15 is 0 Å². The maximum Gasteiger partial charge on any atom is 0.402 e. The Bertz CT molecular complexity index is 725. The monoisotopic (exact) mass is 505 g/mol. The average molecular weight is 506 g/mol. The number of esters is 1. The second-order valence-corrected chi connectivity index (χ2v) is 13.5. The topological polar surface area (TPSA) is 83.9 Å². The second-order valence-electron chi connectivity index (χ2n) is 8.78. The number of diazo groups is 1. The van der Waals surface area contributed by atoms with Crippen LogP contribution in [0.3, 0.4) is 0 Å². The summed E-state index contributed by atoms with van der Waals surface area (Å²) in [7, 11) is -1.89. The number of carbonyl (C=O) groups is 1. The van der Waals surface area contributed by atoms with Crippen molar-refractivity contribution in [3.63, 3.8) is 0 Å². The van der Waals surface area contributed by atoms with Crippen LogP contribution in [0.1, 0.15) is 92.4 Å². The Balaban J connectivity index is 5.20. The number of unbranched alkanes of at least 4 members (excludes halogenated alkanes) is 4. The molecule has 35 heavy (non-hydrogen) atoms. The first-order valence-electron chi connectivity index (χ1n) is 13.5. The maximum absolute atomic E-state index is 11.4. The number of nitrogens with zero attached hydrogens (tertiary/aromatic N) is 2. The number of ether oxygens (including phenoxy) is 1. The Morgan fingerprint density at radius 1 is 0.971 bits per heavy atom. The summed E-state index contributed by atoms with van der Waals surface area (Å²) in [5.74, 6) is -0.151. The highest BCUT2D eigenvalue weighted by Gasteiger charge is 2.32. The molecular weight excluding hydrogens is 456 g/mol. The number of rotatable bonds is 20. The highest BCUT2D eigenvalue weighted by atomic mass is 28.4. The molecule has 7 heteroatoms. The standard InChI is InChI=1S/C28H48N2O4Si/c1-6-11-12-13-14-15-18-21-25(34-35(8-3,9-4)10-5)24-27(31)26(30-29)22-19-16-17-20-23-28(32)33-7-2/h14-16,18-19,21,25H,6-13,17,20,22-24H2,1-5H3/p+1/b15-14+,19-16-,21-18+,27-26-. The third kappa shape index (κ3) is 15.4. The van der Waals surface area contributed by atoms with E-state index in [0.29, 0.717) is 25.9 Å². The Morgan fingerprint density at radius 3 is 2.26 bits per heavy atom. The van der Waals surface area contributed by atoms with Crippen LogP contribution in [0.15, 0.2) is 47.9 Å². The van der Waals surface area contributed by atoms with E-state index < -0.39 is 8.32 Å². The van der Waals surface area contributed by atoms with Gasteiger partial charge in [0.05, 0.1) is 19.1 Å². The molecule has 0 aliphatic carbocycles. The van der Waals surface area contributed by atoms with Crippen molar-refractivity contribution >= 4 is 14.3 Å². The Morgan fingerprint density at radius 2 is 1.66 bits per heavy atom. The van der Waals surface area contributed by atoms with Crippen molar-refractivity contribution < 1.29 is 19.1 Å². The van der Waals surface area contributed by atoms with Crippen molar-refractivity contribution in [1.29, 1.82) is 5.39 Å². The summed E-state index contributed by atoms with van der Waals surface area (Å²) in [6, 6.07) is 3.06. The van der Waals surface area contributed by atoms with Crippen molar-refractivity contribution in [2.45, 2.75) is 117 Å². The largest absolute Gasteiger partial charge is 0.505 e. The molecule has 0 saturated carbocycles. The smallest absolute Gasteiger partial charge is 0.402 e. The summed E-state index contributed by atoms with van der Waals surface area (Å²) < 4.78 is 11.6. The van der Waals surface area contributed by atoms with Gasteiger partial charge in [0, 0.05) is 12.8 Å². The highest BCUT2D eigenvalue weighted by Crippen LogP contribution is 2.27. The van der Waals surface area contributed by atoms with E-state index in [1.807, 2.05) is 24.3 Å². The van der Waals surface area contributed by atoms with Crippen molar-refractivity contribution in [3.05, 3.63) is 52.9 Å². The zero-order chi connectivity index (χ0) is 26.4. The molecule has 0 fully saturated rings. The number of aliphatic hydroxyl groups is 1. The lowest BCUT2D eigenvalue weighted by atomic mass is 10.1. The quantitative estimate of drug-likeness (QED) is 0.0340. The van der Waals surface area contributed by atoms with Crippen LogP contribution >= 0.6 is 0 Å². The molecule has 1 atom stereocenters. The van der Waals surface area contributed by atoms with Gasteiger partial charge >= 0.3 is 11.7 Å². The molecule has 0 aliphatic heterocycles. The predicted octanol–water partition coefficient (Wildman–Crippen LogP) is 8.76. The van der Waals surface area contributed by atoms with Crippen LogP contribution in [0.25, 0.3) is 4.98 Å². The van der Waals surface area contributed by atoms with Crippen LogP contribution < -0.4 is 0 Å². The third-order valence-corrected chi connectivity index (χ3v) is 10.9. The van der Waals surface area contributed by atoms with Crippen molar-refractivity contribution in [2.75, 3.05) is 6.61 Å². The second kappa shape index (κ2) is 21.1. The van der Waals surface area contributed by atoms with E-state index in [1.165, 1.54) is 19.3 Å². The summed E-state index contributed by atoms with van der Waals surface area (Å²) in [6.07, 6.45) is 18.8. The molecule has 0 rings (SSSR count). The minimum atomic E-state index is -1.89. The van der Waals surface area contributed by atoms with Crippen molar-refractivity contribution in [2.24, 2.45) is 0 Å². The van der Waals surface area contributed by atoms with Gasteiger partial charge in [-0.25, -0.2) is 0 Å². The zero-order valence-electron chi connectivity index (χ0n) is 22.8. The molecule has 1 N–H and O–H groups in total. The first kappa shape index (κ1) is 32.8. The molecule has 0 heterocycles. The van der Waals surface area contributed by atoms with Gasteiger partial charge in [0.15, 0.2) is 19.1 Å². The highest BCUT2D eigenvalue weighted by molar-refractivity contribution is 6.73. The Kier molecular flexibility index (Phi) is 19.8. The third-order valence-electron chi connectivity index (χ3n) is 6.26. The van der Waals surface area contributed by atoms with Crippen LogP contribution in [0.5, 0.6) is 0 Å². The van der Waals surface area contributed by atoms with E-state index in [1.54, 1.807) is 6.92 Å². The normalized spacial score (nSPS) is 13.9. The first-order valence-corrected chi connectivity index (χ1v) is 16.0. The summed E-state index contributed by atoms with van der Waals surface area (Å²) in [4.78, 5) is 14.7. The molecular formula is C28H49N2O4Si+. The van der Waals surface area contributed by atoms with E-state index in [4.69, 9.17) is 9.16 Å². The fraction of sp³-hybridized carbons (Fsp3) is 0.679.